The Morgan fingerprint density at radius 2 is 2.16 bits per heavy atom. The lowest BCUT2D eigenvalue weighted by Gasteiger charge is -2.08. The highest BCUT2D eigenvalue weighted by molar-refractivity contribution is 5.89. The van der Waals surface area contributed by atoms with Crippen LogP contribution < -0.4 is 11.1 Å². The number of carboxylic acid groups (broad SMARTS) is 1. The van der Waals surface area contributed by atoms with Crippen molar-refractivity contribution in [2.75, 3.05) is 11.1 Å². The summed E-state index contributed by atoms with van der Waals surface area (Å²) in [6, 6.07) is 5.25. The third kappa shape index (κ3) is 3.19. The van der Waals surface area contributed by atoms with Crippen LogP contribution in [0.5, 0.6) is 0 Å². The molecule has 6 heteroatoms. The Kier molecular flexibility index (Phi) is 3.61. The Balaban J connectivity index is 2.07. The van der Waals surface area contributed by atoms with Gasteiger partial charge in [0.15, 0.2) is 0 Å². The molecule has 2 aromatic rings. The quantitative estimate of drug-likeness (QED) is 0.771. The molecule has 0 amide bonds. The summed E-state index contributed by atoms with van der Waals surface area (Å²) in [6.45, 7) is 2.44. The molecule has 0 aromatic carbocycles. The minimum atomic E-state index is -1.05. The number of carbonyl (C=O) groups is 1. The predicted molar refractivity (Wildman–Crippen MR) is 71.9 cm³/mol. The van der Waals surface area contributed by atoms with Crippen molar-refractivity contribution in [1.29, 1.82) is 0 Å². The van der Waals surface area contributed by atoms with Crippen LogP contribution in [0.15, 0.2) is 30.6 Å². The number of hydrogen-bond acceptors (Lipinski definition) is 5. The van der Waals surface area contributed by atoms with Crippen LogP contribution >= 0.6 is 0 Å². The highest BCUT2D eigenvalue weighted by Crippen LogP contribution is 2.17. The first-order valence-corrected chi connectivity index (χ1v) is 5.70. The molecule has 0 fully saturated rings. The molecule has 98 valence electrons. The second-order valence-corrected chi connectivity index (χ2v) is 4.13. The second kappa shape index (κ2) is 5.34. The fraction of sp³-hybridized carbons (Fsp3) is 0.154. The molecule has 0 saturated carbocycles. The summed E-state index contributed by atoms with van der Waals surface area (Å²) in [5, 5.41) is 11.9. The molecular weight excluding hydrogens is 244 g/mol. The van der Waals surface area contributed by atoms with Gasteiger partial charge in [0.2, 0.25) is 0 Å². The van der Waals surface area contributed by atoms with Crippen molar-refractivity contribution in [2.45, 2.75) is 13.5 Å². The third-order valence-electron chi connectivity index (χ3n) is 2.60. The number of anilines is 2. The summed E-state index contributed by atoms with van der Waals surface area (Å²) < 4.78 is 0. The first-order chi connectivity index (χ1) is 9.06. The molecule has 2 heterocycles. The number of rotatable bonds is 4. The summed E-state index contributed by atoms with van der Waals surface area (Å²) in [5.41, 5.74) is 8.06. The molecular formula is C13H14N4O2. The van der Waals surface area contributed by atoms with Crippen LogP contribution in [0.1, 0.15) is 21.6 Å². The lowest BCUT2D eigenvalue weighted by atomic mass is 10.2. The largest absolute Gasteiger partial charge is 0.478 e. The summed E-state index contributed by atoms with van der Waals surface area (Å²) in [5.74, 6) is -0.584. The van der Waals surface area contributed by atoms with E-state index in [0.717, 1.165) is 11.3 Å². The van der Waals surface area contributed by atoms with Gasteiger partial charge in [0.25, 0.3) is 0 Å². The SMILES string of the molecule is Cc1ccc(CNc2ncc(C(=O)O)cc2N)cn1. The molecule has 4 N–H and O–H groups in total. The first-order valence-electron chi connectivity index (χ1n) is 5.70. The number of nitrogens with one attached hydrogen (secondary N) is 1. The standard InChI is InChI=1S/C13H14N4O2/c1-8-2-3-9(5-15-8)6-16-12-11(14)4-10(7-17-12)13(18)19/h2-5,7H,6,14H2,1H3,(H,16,17)(H,18,19). The molecule has 0 saturated heterocycles. The van der Waals surface area contributed by atoms with Crippen LogP contribution in [0.4, 0.5) is 11.5 Å². The van der Waals surface area contributed by atoms with Gasteiger partial charge in [0.1, 0.15) is 5.82 Å². The molecule has 0 aliphatic heterocycles. The summed E-state index contributed by atoms with van der Waals surface area (Å²) in [6.07, 6.45) is 3.04. The Bertz CT molecular complexity index is 596. The van der Waals surface area contributed by atoms with Gasteiger partial charge in [-0.05, 0) is 24.6 Å². The van der Waals surface area contributed by atoms with Crippen molar-refractivity contribution in [2.24, 2.45) is 0 Å². The van der Waals surface area contributed by atoms with Gasteiger partial charge in [0.05, 0.1) is 11.3 Å². The van der Waals surface area contributed by atoms with Crippen molar-refractivity contribution in [3.8, 4) is 0 Å². The normalized spacial score (nSPS) is 10.2. The number of nitrogens with zero attached hydrogens (tertiary/aromatic N) is 2. The number of nitrogen functional groups attached to an aromatic ring is 1. The number of hydrogen-bond donors (Lipinski definition) is 3. The van der Waals surface area contributed by atoms with Crippen LogP contribution in [-0.4, -0.2) is 21.0 Å². The van der Waals surface area contributed by atoms with Gasteiger partial charge >= 0.3 is 5.97 Å². The average Bonchev–Trinajstić information content (AvgIpc) is 2.39. The minimum absolute atomic E-state index is 0.0695. The van der Waals surface area contributed by atoms with E-state index in [1.807, 2.05) is 19.1 Å². The van der Waals surface area contributed by atoms with Gasteiger partial charge in [-0.1, -0.05) is 6.07 Å². The lowest BCUT2D eigenvalue weighted by Crippen LogP contribution is -2.07. The van der Waals surface area contributed by atoms with Gasteiger partial charge in [-0.15, -0.1) is 0 Å². The molecule has 0 bridgehead atoms. The highest BCUT2D eigenvalue weighted by atomic mass is 16.4. The van der Waals surface area contributed by atoms with E-state index in [1.165, 1.54) is 12.3 Å². The molecule has 2 aromatic heterocycles. The molecule has 6 nitrogen and oxygen atoms in total. The molecule has 2 rings (SSSR count). The highest BCUT2D eigenvalue weighted by Gasteiger charge is 2.07. The van der Waals surface area contributed by atoms with Crippen molar-refractivity contribution in [3.05, 3.63) is 47.4 Å². The van der Waals surface area contributed by atoms with Crippen LogP contribution in [0, 0.1) is 6.92 Å². The molecule has 0 unspecified atom stereocenters. The lowest BCUT2D eigenvalue weighted by molar-refractivity contribution is 0.0696. The van der Waals surface area contributed by atoms with E-state index in [1.54, 1.807) is 6.20 Å². The molecule has 19 heavy (non-hydrogen) atoms. The van der Waals surface area contributed by atoms with Crippen molar-refractivity contribution < 1.29 is 9.90 Å². The number of carboxylic acids is 1. The number of aromatic nitrogens is 2. The first kappa shape index (κ1) is 12.8. The van der Waals surface area contributed by atoms with Gasteiger partial charge in [-0.25, -0.2) is 9.78 Å². The molecule has 0 aliphatic carbocycles. The Hall–Kier alpha value is -2.63. The van der Waals surface area contributed by atoms with Crippen molar-refractivity contribution in [1.82, 2.24) is 9.97 Å². The number of aryl methyl sites for hydroxylation is 1. The maximum atomic E-state index is 10.8. The van der Waals surface area contributed by atoms with Gasteiger partial charge in [-0.3, -0.25) is 4.98 Å². The van der Waals surface area contributed by atoms with E-state index < -0.39 is 5.97 Å². The van der Waals surface area contributed by atoms with Gasteiger partial charge in [-0.2, -0.15) is 0 Å². The number of pyridine rings is 2. The molecule has 0 spiro atoms. The van der Waals surface area contributed by atoms with E-state index in [-0.39, 0.29) is 5.56 Å². The minimum Gasteiger partial charge on any atom is -0.478 e. The summed E-state index contributed by atoms with van der Waals surface area (Å²) in [7, 11) is 0. The zero-order valence-corrected chi connectivity index (χ0v) is 10.4. The van der Waals surface area contributed by atoms with E-state index in [0.29, 0.717) is 18.1 Å². The van der Waals surface area contributed by atoms with E-state index >= 15 is 0 Å². The number of nitrogens with two attached hydrogens (primary N) is 1. The van der Waals surface area contributed by atoms with Gasteiger partial charge < -0.3 is 16.2 Å². The maximum Gasteiger partial charge on any atom is 0.337 e. The average molecular weight is 258 g/mol. The van der Waals surface area contributed by atoms with Crippen LogP contribution in [0.25, 0.3) is 0 Å². The smallest absolute Gasteiger partial charge is 0.337 e. The van der Waals surface area contributed by atoms with E-state index in [4.69, 9.17) is 10.8 Å². The zero-order chi connectivity index (χ0) is 13.8. The molecule has 0 radical (unpaired) electrons. The molecule has 0 aliphatic rings. The Morgan fingerprint density at radius 1 is 1.37 bits per heavy atom. The summed E-state index contributed by atoms with van der Waals surface area (Å²) in [4.78, 5) is 18.9. The van der Waals surface area contributed by atoms with Crippen molar-refractivity contribution in [3.63, 3.8) is 0 Å². The van der Waals surface area contributed by atoms with E-state index in [2.05, 4.69) is 15.3 Å². The Morgan fingerprint density at radius 3 is 2.74 bits per heavy atom. The fourth-order valence-electron chi connectivity index (χ4n) is 1.54. The van der Waals surface area contributed by atoms with Crippen LogP contribution in [0.3, 0.4) is 0 Å². The fourth-order valence-corrected chi connectivity index (χ4v) is 1.54. The predicted octanol–water partition coefficient (Wildman–Crippen LogP) is 1.68. The van der Waals surface area contributed by atoms with E-state index in [9.17, 15) is 4.79 Å². The van der Waals surface area contributed by atoms with Crippen LogP contribution in [-0.2, 0) is 6.54 Å². The van der Waals surface area contributed by atoms with Gasteiger partial charge in [0, 0.05) is 24.6 Å². The molecule has 0 atom stereocenters. The van der Waals surface area contributed by atoms with Crippen molar-refractivity contribution >= 4 is 17.5 Å². The zero-order valence-electron chi connectivity index (χ0n) is 10.4. The topological polar surface area (TPSA) is 101 Å². The van der Waals surface area contributed by atoms with Crippen LogP contribution in [0.2, 0.25) is 0 Å². The maximum absolute atomic E-state index is 10.8. The second-order valence-electron chi connectivity index (χ2n) is 4.13. The Labute approximate surface area is 110 Å². The monoisotopic (exact) mass is 258 g/mol. The third-order valence-corrected chi connectivity index (χ3v) is 2.60. The summed E-state index contributed by atoms with van der Waals surface area (Å²) >= 11 is 0. The number of aromatic carboxylic acids is 1.